The molecule has 0 aliphatic carbocycles. The highest BCUT2D eigenvalue weighted by molar-refractivity contribution is 5.83. The summed E-state index contributed by atoms with van der Waals surface area (Å²) < 4.78 is 1.97. The molecule has 0 atom stereocenters. The number of nitrogen functional groups attached to an aromatic ring is 1. The standard InChI is InChI=1S/C20H23N7O/c21-18-17-19(27(13-22-17)11-10-25-8-3-6-16(25)28)24-20(23-18)26-9-7-14-4-1-2-5-15(14)12-26/h1-2,4-5,13H,3,6-12H2,(H2,21,23,24). The third-order valence-electron chi connectivity index (χ3n) is 5.67. The minimum Gasteiger partial charge on any atom is -0.382 e. The summed E-state index contributed by atoms with van der Waals surface area (Å²) in [5.74, 6) is 1.26. The Kier molecular flexibility index (Phi) is 4.11. The molecular weight excluding hydrogens is 354 g/mol. The van der Waals surface area contributed by atoms with Crippen molar-refractivity contribution in [1.29, 1.82) is 0 Å². The number of carbonyl (C=O) groups is 1. The third-order valence-corrected chi connectivity index (χ3v) is 5.67. The number of fused-ring (bicyclic) bond motifs is 2. The molecule has 8 nitrogen and oxygen atoms in total. The zero-order valence-electron chi connectivity index (χ0n) is 15.7. The van der Waals surface area contributed by atoms with Crippen LogP contribution in [0.5, 0.6) is 0 Å². The zero-order chi connectivity index (χ0) is 19.1. The molecule has 1 fully saturated rings. The number of carbonyl (C=O) groups excluding carboxylic acids is 1. The molecule has 2 N–H and O–H groups in total. The summed E-state index contributed by atoms with van der Waals surface area (Å²) in [7, 11) is 0. The Hall–Kier alpha value is -3.16. The second-order valence-electron chi connectivity index (χ2n) is 7.44. The largest absolute Gasteiger partial charge is 0.382 e. The van der Waals surface area contributed by atoms with E-state index in [1.54, 1.807) is 6.33 Å². The third kappa shape index (κ3) is 2.94. The lowest BCUT2D eigenvalue weighted by atomic mass is 10.0. The van der Waals surface area contributed by atoms with Crippen molar-refractivity contribution < 1.29 is 4.79 Å². The van der Waals surface area contributed by atoms with Gasteiger partial charge in [-0.25, -0.2) is 4.98 Å². The second kappa shape index (κ2) is 6.78. The second-order valence-corrected chi connectivity index (χ2v) is 7.44. The number of amides is 1. The summed E-state index contributed by atoms with van der Waals surface area (Å²) in [6.07, 6.45) is 4.30. The topological polar surface area (TPSA) is 93.2 Å². The van der Waals surface area contributed by atoms with Crippen LogP contribution < -0.4 is 10.6 Å². The molecule has 8 heteroatoms. The molecule has 4 heterocycles. The van der Waals surface area contributed by atoms with Crippen LogP contribution in [0.25, 0.3) is 11.2 Å². The highest BCUT2D eigenvalue weighted by Crippen LogP contribution is 2.25. The fourth-order valence-electron chi connectivity index (χ4n) is 4.09. The van der Waals surface area contributed by atoms with Crippen molar-refractivity contribution in [2.24, 2.45) is 0 Å². The monoisotopic (exact) mass is 377 g/mol. The number of benzene rings is 1. The van der Waals surface area contributed by atoms with Gasteiger partial charge in [0.15, 0.2) is 11.5 Å². The molecule has 3 aromatic rings. The first-order valence-electron chi connectivity index (χ1n) is 9.77. The Morgan fingerprint density at radius 2 is 1.89 bits per heavy atom. The molecule has 0 saturated carbocycles. The smallest absolute Gasteiger partial charge is 0.229 e. The fraction of sp³-hybridized carbons (Fsp3) is 0.400. The Balaban J connectivity index is 1.42. The maximum Gasteiger partial charge on any atom is 0.229 e. The van der Waals surface area contributed by atoms with Gasteiger partial charge in [0.25, 0.3) is 0 Å². The molecule has 0 radical (unpaired) electrons. The summed E-state index contributed by atoms with van der Waals surface area (Å²) in [4.78, 5) is 29.6. The van der Waals surface area contributed by atoms with Gasteiger partial charge in [0.05, 0.1) is 6.33 Å². The Morgan fingerprint density at radius 3 is 2.71 bits per heavy atom. The number of hydrogen-bond acceptors (Lipinski definition) is 6. The number of aromatic nitrogens is 4. The van der Waals surface area contributed by atoms with E-state index in [1.807, 2.05) is 9.47 Å². The van der Waals surface area contributed by atoms with Gasteiger partial charge in [0, 0.05) is 39.1 Å². The van der Waals surface area contributed by atoms with Crippen LogP contribution >= 0.6 is 0 Å². The molecule has 1 aromatic carbocycles. The van der Waals surface area contributed by atoms with E-state index in [1.165, 1.54) is 11.1 Å². The highest BCUT2D eigenvalue weighted by atomic mass is 16.2. The van der Waals surface area contributed by atoms with Crippen molar-refractivity contribution in [2.45, 2.75) is 32.4 Å². The molecule has 1 saturated heterocycles. The minimum atomic E-state index is 0.228. The van der Waals surface area contributed by atoms with Gasteiger partial charge in [-0.05, 0) is 24.0 Å². The first-order chi connectivity index (χ1) is 13.7. The van der Waals surface area contributed by atoms with Gasteiger partial charge in [0.1, 0.15) is 5.52 Å². The van der Waals surface area contributed by atoms with Crippen molar-refractivity contribution >= 4 is 28.8 Å². The number of anilines is 2. The molecular formula is C20H23N7O. The highest BCUT2D eigenvalue weighted by Gasteiger charge is 2.22. The van der Waals surface area contributed by atoms with Gasteiger partial charge in [-0.2, -0.15) is 9.97 Å². The van der Waals surface area contributed by atoms with Crippen molar-refractivity contribution in [1.82, 2.24) is 24.4 Å². The van der Waals surface area contributed by atoms with E-state index in [0.29, 0.717) is 36.8 Å². The maximum absolute atomic E-state index is 11.9. The van der Waals surface area contributed by atoms with Crippen LogP contribution in [0.4, 0.5) is 11.8 Å². The molecule has 0 bridgehead atoms. The van der Waals surface area contributed by atoms with Crippen LogP contribution in [-0.4, -0.2) is 50.0 Å². The summed E-state index contributed by atoms with van der Waals surface area (Å²) in [5.41, 5.74) is 10.2. The SMILES string of the molecule is Nc1nc(N2CCc3ccccc3C2)nc2c1ncn2CCN1CCCC1=O. The van der Waals surface area contributed by atoms with Crippen LogP contribution in [0.2, 0.25) is 0 Å². The predicted molar refractivity (Wildman–Crippen MR) is 107 cm³/mol. The van der Waals surface area contributed by atoms with Gasteiger partial charge in [-0.1, -0.05) is 24.3 Å². The lowest BCUT2D eigenvalue weighted by molar-refractivity contribution is -0.127. The number of likely N-dealkylation sites (tertiary alicyclic amines) is 1. The molecule has 2 aromatic heterocycles. The molecule has 144 valence electrons. The lowest BCUT2D eigenvalue weighted by Gasteiger charge is -2.29. The Bertz CT molecular complexity index is 1040. The average molecular weight is 377 g/mol. The van der Waals surface area contributed by atoms with Crippen molar-refractivity contribution in [3.8, 4) is 0 Å². The first-order valence-corrected chi connectivity index (χ1v) is 9.77. The van der Waals surface area contributed by atoms with Gasteiger partial charge in [0.2, 0.25) is 11.9 Å². The number of nitrogens with two attached hydrogens (primary N) is 1. The lowest BCUT2D eigenvalue weighted by Crippen LogP contribution is -2.32. The molecule has 2 aliphatic rings. The first kappa shape index (κ1) is 17.0. The number of nitrogens with zero attached hydrogens (tertiary/aromatic N) is 6. The van der Waals surface area contributed by atoms with E-state index in [4.69, 9.17) is 10.7 Å². The zero-order valence-corrected chi connectivity index (χ0v) is 15.7. The van der Waals surface area contributed by atoms with Crippen molar-refractivity contribution in [2.75, 3.05) is 30.3 Å². The number of hydrogen-bond donors (Lipinski definition) is 1. The predicted octanol–water partition coefficient (Wildman–Crippen LogP) is 1.59. The van der Waals surface area contributed by atoms with E-state index < -0.39 is 0 Å². The summed E-state index contributed by atoms with van der Waals surface area (Å²) >= 11 is 0. The van der Waals surface area contributed by atoms with E-state index in [0.717, 1.165) is 38.1 Å². The molecule has 1 amide bonds. The molecule has 0 spiro atoms. The summed E-state index contributed by atoms with van der Waals surface area (Å²) in [6.45, 7) is 3.79. The van der Waals surface area contributed by atoms with Gasteiger partial charge < -0.3 is 20.1 Å². The molecule has 0 unspecified atom stereocenters. The van der Waals surface area contributed by atoms with E-state index in [-0.39, 0.29) is 5.91 Å². The van der Waals surface area contributed by atoms with Gasteiger partial charge in [-0.15, -0.1) is 0 Å². The van der Waals surface area contributed by atoms with Crippen molar-refractivity contribution in [3.63, 3.8) is 0 Å². The summed E-state index contributed by atoms with van der Waals surface area (Å²) in [6, 6.07) is 8.48. The van der Waals surface area contributed by atoms with E-state index in [9.17, 15) is 4.79 Å². The summed E-state index contributed by atoms with van der Waals surface area (Å²) in [5, 5.41) is 0. The average Bonchev–Trinajstić information content (AvgIpc) is 3.32. The van der Waals surface area contributed by atoms with Crippen molar-refractivity contribution in [3.05, 3.63) is 41.7 Å². The fourth-order valence-corrected chi connectivity index (χ4v) is 4.09. The van der Waals surface area contributed by atoms with Crippen LogP contribution in [-0.2, 0) is 24.3 Å². The van der Waals surface area contributed by atoms with E-state index in [2.05, 4.69) is 39.1 Å². The van der Waals surface area contributed by atoms with Crippen LogP contribution in [0.1, 0.15) is 24.0 Å². The van der Waals surface area contributed by atoms with Crippen LogP contribution in [0, 0.1) is 0 Å². The van der Waals surface area contributed by atoms with Gasteiger partial charge >= 0.3 is 0 Å². The van der Waals surface area contributed by atoms with Crippen LogP contribution in [0.15, 0.2) is 30.6 Å². The maximum atomic E-state index is 11.9. The Labute approximate surface area is 163 Å². The Morgan fingerprint density at radius 1 is 1.04 bits per heavy atom. The normalized spacial score (nSPS) is 16.8. The molecule has 28 heavy (non-hydrogen) atoms. The molecule has 5 rings (SSSR count). The molecule has 2 aliphatic heterocycles. The quantitative estimate of drug-likeness (QED) is 0.742. The van der Waals surface area contributed by atoms with Crippen LogP contribution in [0.3, 0.4) is 0 Å². The number of rotatable bonds is 4. The van der Waals surface area contributed by atoms with Gasteiger partial charge in [-0.3, -0.25) is 4.79 Å². The number of imidazole rings is 1. The van der Waals surface area contributed by atoms with E-state index >= 15 is 0 Å². The minimum absolute atomic E-state index is 0.228.